The Morgan fingerprint density at radius 3 is 2.12 bits per heavy atom. The lowest BCUT2D eigenvalue weighted by Crippen LogP contribution is -1.94. The summed E-state index contributed by atoms with van der Waals surface area (Å²) in [7, 11) is 0. The molecule has 2 aromatic carbocycles. The molecule has 0 aliphatic carbocycles. The Hall–Kier alpha value is -2.72. The predicted octanol–water partition coefficient (Wildman–Crippen LogP) is 4.98. The topological polar surface area (TPSA) is 38.7 Å². The van der Waals surface area contributed by atoms with E-state index >= 15 is 0 Å². The third-order valence-corrected chi connectivity index (χ3v) is 4.75. The standard InChI is InChI=1S/C20H15N3S/c1-2-6-16(7-3-1)19-20(24-14-15-10-12-21-13-11-15)23-18-9-5-4-8-17(18)22-19/h1-13H,14H2. The van der Waals surface area contributed by atoms with Gasteiger partial charge in [-0.2, -0.15) is 0 Å². The minimum Gasteiger partial charge on any atom is -0.265 e. The van der Waals surface area contributed by atoms with Crippen LogP contribution in [0, 0.1) is 0 Å². The zero-order valence-electron chi connectivity index (χ0n) is 13.0. The van der Waals surface area contributed by atoms with Gasteiger partial charge in [0.05, 0.1) is 11.0 Å². The van der Waals surface area contributed by atoms with Gasteiger partial charge in [-0.3, -0.25) is 4.98 Å². The van der Waals surface area contributed by atoms with E-state index in [0.29, 0.717) is 0 Å². The van der Waals surface area contributed by atoms with Crippen LogP contribution in [-0.2, 0) is 5.75 Å². The molecule has 0 amide bonds. The van der Waals surface area contributed by atoms with Gasteiger partial charge in [0.25, 0.3) is 0 Å². The van der Waals surface area contributed by atoms with Gasteiger partial charge in [0, 0.05) is 23.7 Å². The summed E-state index contributed by atoms with van der Waals surface area (Å²) in [6.07, 6.45) is 3.64. The lowest BCUT2D eigenvalue weighted by atomic mass is 10.1. The van der Waals surface area contributed by atoms with Crippen LogP contribution in [0.4, 0.5) is 0 Å². The summed E-state index contributed by atoms with van der Waals surface area (Å²) in [5, 5.41) is 0.955. The first-order chi connectivity index (χ1) is 11.9. The molecule has 4 aromatic rings. The third kappa shape index (κ3) is 3.14. The molecule has 0 saturated heterocycles. The molecule has 4 heteroatoms. The molecule has 4 rings (SSSR count). The van der Waals surface area contributed by atoms with Gasteiger partial charge in [-0.05, 0) is 29.8 Å². The Balaban J connectivity index is 1.77. The molecule has 24 heavy (non-hydrogen) atoms. The maximum absolute atomic E-state index is 4.86. The van der Waals surface area contributed by atoms with Gasteiger partial charge in [-0.15, -0.1) is 0 Å². The molecule has 0 saturated carbocycles. The van der Waals surface area contributed by atoms with Crippen molar-refractivity contribution in [1.29, 1.82) is 0 Å². The highest BCUT2D eigenvalue weighted by molar-refractivity contribution is 7.98. The SMILES string of the molecule is c1ccc(-c2nc3ccccc3nc2SCc2ccncc2)cc1. The highest BCUT2D eigenvalue weighted by Gasteiger charge is 2.11. The summed E-state index contributed by atoms with van der Waals surface area (Å²) in [5.41, 5.74) is 5.10. The van der Waals surface area contributed by atoms with Crippen LogP contribution in [-0.4, -0.2) is 15.0 Å². The summed E-state index contributed by atoms with van der Waals surface area (Å²) < 4.78 is 0. The number of hydrogen-bond donors (Lipinski definition) is 0. The summed E-state index contributed by atoms with van der Waals surface area (Å²) in [5.74, 6) is 0.843. The van der Waals surface area contributed by atoms with E-state index in [-0.39, 0.29) is 0 Å². The van der Waals surface area contributed by atoms with Crippen LogP contribution in [0.1, 0.15) is 5.56 Å². The fourth-order valence-corrected chi connectivity index (χ4v) is 3.46. The minimum atomic E-state index is 0.843. The Labute approximate surface area is 144 Å². The second-order valence-electron chi connectivity index (χ2n) is 5.38. The highest BCUT2D eigenvalue weighted by atomic mass is 32.2. The number of nitrogens with zero attached hydrogens (tertiary/aromatic N) is 3. The van der Waals surface area contributed by atoms with Crippen molar-refractivity contribution in [3.63, 3.8) is 0 Å². The molecular formula is C20H15N3S. The molecule has 0 bridgehead atoms. The second kappa shape index (κ2) is 6.81. The van der Waals surface area contributed by atoms with Crippen LogP contribution in [0.3, 0.4) is 0 Å². The number of benzene rings is 2. The van der Waals surface area contributed by atoms with E-state index in [2.05, 4.69) is 17.1 Å². The van der Waals surface area contributed by atoms with E-state index in [1.54, 1.807) is 11.8 Å². The molecule has 0 fully saturated rings. The quantitative estimate of drug-likeness (QED) is 0.495. The van der Waals surface area contributed by atoms with E-state index < -0.39 is 0 Å². The number of aromatic nitrogens is 3. The molecule has 0 aliphatic rings. The molecule has 0 N–H and O–H groups in total. The maximum Gasteiger partial charge on any atom is 0.123 e. The van der Waals surface area contributed by atoms with Crippen molar-refractivity contribution in [3.8, 4) is 11.3 Å². The van der Waals surface area contributed by atoms with E-state index in [9.17, 15) is 0 Å². The average Bonchev–Trinajstić information content (AvgIpc) is 2.67. The first-order valence-electron chi connectivity index (χ1n) is 7.74. The molecule has 0 unspecified atom stereocenters. The minimum absolute atomic E-state index is 0.843. The molecular weight excluding hydrogens is 314 g/mol. The van der Waals surface area contributed by atoms with E-state index in [1.807, 2.05) is 67.0 Å². The molecule has 3 nitrogen and oxygen atoms in total. The van der Waals surface area contributed by atoms with Gasteiger partial charge in [0.2, 0.25) is 0 Å². The molecule has 116 valence electrons. The molecule has 0 atom stereocenters. The van der Waals surface area contributed by atoms with Crippen molar-refractivity contribution in [2.75, 3.05) is 0 Å². The van der Waals surface area contributed by atoms with Gasteiger partial charge in [0.1, 0.15) is 10.7 Å². The van der Waals surface area contributed by atoms with Crippen molar-refractivity contribution in [2.24, 2.45) is 0 Å². The zero-order chi connectivity index (χ0) is 16.2. The largest absolute Gasteiger partial charge is 0.265 e. The van der Waals surface area contributed by atoms with Crippen molar-refractivity contribution in [1.82, 2.24) is 15.0 Å². The van der Waals surface area contributed by atoms with E-state index in [4.69, 9.17) is 9.97 Å². The van der Waals surface area contributed by atoms with Gasteiger partial charge < -0.3 is 0 Å². The van der Waals surface area contributed by atoms with Crippen molar-refractivity contribution < 1.29 is 0 Å². The number of thioether (sulfide) groups is 1. The molecule has 2 heterocycles. The van der Waals surface area contributed by atoms with Crippen LogP contribution < -0.4 is 0 Å². The lowest BCUT2D eigenvalue weighted by molar-refractivity contribution is 1.12. The molecule has 0 aliphatic heterocycles. The van der Waals surface area contributed by atoms with E-state index in [1.165, 1.54) is 5.56 Å². The first-order valence-corrected chi connectivity index (χ1v) is 8.72. The smallest absolute Gasteiger partial charge is 0.123 e. The fraction of sp³-hybridized carbons (Fsp3) is 0.0500. The predicted molar refractivity (Wildman–Crippen MR) is 98.8 cm³/mol. The zero-order valence-corrected chi connectivity index (χ0v) is 13.8. The Morgan fingerprint density at radius 2 is 1.38 bits per heavy atom. The first kappa shape index (κ1) is 14.8. The lowest BCUT2D eigenvalue weighted by Gasteiger charge is -2.10. The molecule has 0 spiro atoms. The van der Waals surface area contributed by atoms with Crippen LogP contribution in [0.25, 0.3) is 22.3 Å². The van der Waals surface area contributed by atoms with Crippen LogP contribution in [0.2, 0.25) is 0 Å². The third-order valence-electron chi connectivity index (χ3n) is 3.71. The van der Waals surface area contributed by atoms with Crippen LogP contribution in [0.15, 0.2) is 84.1 Å². The van der Waals surface area contributed by atoms with Gasteiger partial charge >= 0.3 is 0 Å². The number of fused-ring (bicyclic) bond motifs is 1. The van der Waals surface area contributed by atoms with Crippen molar-refractivity contribution in [3.05, 3.63) is 84.7 Å². The summed E-state index contributed by atoms with van der Waals surface area (Å²) in [4.78, 5) is 13.8. The monoisotopic (exact) mass is 329 g/mol. The van der Waals surface area contributed by atoms with E-state index in [0.717, 1.165) is 33.1 Å². The Morgan fingerprint density at radius 1 is 0.708 bits per heavy atom. The highest BCUT2D eigenvalue weighted by Crippen LogP contribution is 2.31. The van der Waals surface area contributed by atoms with Crippen molar-refractivity contribution in [2.45, 2.75) is 10.8 Å². The number of hydrogen-bond acceptors (Lipinski definition) is 4. The number of rotatable bonds is 4. The summed E-state index contributed by atoms with van der Waals surface area (Å²) >= 11 is 1.71. The Bertz CT molecular complexity index is 956. The van der Waals surface area contributed by atoms with Crippen molar-refractivity contribution >= 4 is 22.8 Å². The maximum atomic E-state index is 4.86. The average molecular weight is 329 g/mol. The van der Waals surface area contributed by atoms with Gasteiger partial charge in [-0.1, -0.05) is 54.2 Å². The van der Waals surface area contributed by atoms with Gasteiger partial charge in [0.15, 0.2) is 0 Å². The molecule has 0 radical (unpaired) electrons. The normalized spacial score (nSPS) is 10.8. The van der Waals surface area contributed by atoms with Gasteiger partial charge in [-0.25, -0.2) is 9.97 Å². The molecule has 2 aromatic heterocycles. The number of pyridine rings is 1. The Kier molecular flexibility index (Phi) is 4.21. The summed E-state index contributed by atoms with van der Waals surface area (Å²) in [6.45, 7) is 0. The fourth-order valence-electron chi connectivity index (χ4n) is 2.50. The second-order valence-corrected chi connectivity index (χ2v) is 6.34. The van der Waals surface area contributed by atoms with Crippen LogP contribution >= 0.6 is 11.8 Å². The summed E-state index contributed by atoms with van der Waals surface area (Å²) in [6, 6.07) is 22.3. The van der Waals surface area contributed by atoms with Crippen LogP contribution in [0.5, 0.6) is 0 Å². The number of para-hydroxylation sites is 2.